The second kappa shape index (κ2) is 2.33. The van der Waals surface area contributed by atoms with Crippen molar-refractivity contribution in [3.8, 4) is 0 Å². The third-order valence-corrected chi connectivity index (χ3v) is 1.45. The largest absolute Gasteiger partial charge is 0.382 e. The molecule has 0 unspecified atom stereocenters. The van der Waals surface area contributed by atoms with E-state index < -0.39 is 0 Å². The Morgan fingerprint density at radius 1 is 1.60 bits per heavy atom. The molecule has 0 radical (unpaired) electrons. The molecule has 1 heterocycles. The third kappa shape index (κ3) is 1.12. The van der Waals surface area contributed by atoms with Crippen LogP contribution in [0.15, 0.2) is 6.20 Å². The first kappa shape index (κ1) is 7.12. The second-order valence-electron chi connectivity index (χ2n) is 2.79. The number of hydrogen-bond acceptors (Lipinski definition) is 2. The van der Waals surface area contributed by atoms with Crippen LogP contribution in [0.2, 0.25) is 0 Å². The van der Waals surface area contributed by atoms with Gasteiger partial charge in [-0.2, -0.15) is 0 Å². The topological polar surface area (TPSA) is 43.8 Å². The molecule has 1 aromatic rings. The summed E-state index contributed by atoms with van der Waals surface area (Å²) in [6, 6.07) is 0. The van der Waals surface area contributed by atoms with E-state index in [0.29, 0.717) is 11.7 Å². The van der Waals surface area contributed by atoms with Crippen LogP contribution in [0.5, 0.6) is 0 Å². The Labute approximate surface area is 60.9 Å². The minimum Gasteiger partial charge on any atom is -0.382 e. The van der Waals surface area contributed by atoms with E-state index >= 15 is 0 Å². The van der Waals surface area contributed by atoms with Gasteiger partial charge in [0.25, 0.3) is 0 Å². The maximum absolute atomic E-state index is 5.49. The average molecular weight is 139 g/mol. The molecule has 1 aromatic heterocycles. The minimum atomic E-state index is 0.447. The van der Waals surface area contributed by atoms with Crippen molar-refractivity contribution >= 4 is 5.82 Å². The van der Waals surface area contributed by atoms with Crippen molar-refractivity contribution in [3.63, 3.8) is 0 Å². The Morgan fingerprint density at radius 2 is 2.20 bits per heavy atom. The highest BCUT2D eigenvalue weighted by Gasteiger charge is 2.05. The summed E-state index contributed by atoms with van der Waals surface area (Å²) in [5.41, 5.74) is 5.49. The van der Waals surface area contributed by atoms with Gasteiger partial charge < -0.3 is 10.3 Å². The molecule has 0 saturated heterocycles. The van der Waals surface area contributed by atoms with E-state index in [2.05, 4.69) is 18.8 Å². The monoisotopic (exact) mass is 139 g/mol. The van der Waals surface area contributed by atoms with Crippen LogP contribution in [-0.4, -0.2) is 9.55 Å². The fourth-order valence-corrected chi connectivity index (χ4v) is 1.04. The molecule has 0 saturated carbocycles. The maximum Gasteiger partial charge on any atom is 0.141 e. The number of rotatable bonds is 1. The number of imidazole rings is 1. The summed E-state index contributed by atoms with van der Waals surface area (Å²) in [7, 11) is 1.96. The number of nitrogens with two attached hydrogens (primary N) is 1. The number of anilines is 1. The van der Waals surface area contributed by atoms with Gasteiger partial charge in [0.15, 0.2) is 0 Å². The fraction of sp³-hybridized carbons (Fsp3) is 0.571. The first-order valence-electron chi connectivity index (χ1n) is 3.40. The molecule has 0 aliphatic carbocycles. The molecule has 2 N–H and O–H groups in total. The van der Waals surface area contributed by atoms with E-state index in [9.17, 15) is 0 Å². The number of nitrogen functional groups attached to an aromatic ring is 1. The SMILES string of the molecule is CC(C)c1nc(N)cn1C. The van der Waals surface area contributed by atoms with Crippen molar-refractivity contribution in [2.45, 2.75) is 19.8 Å². The van der Waals surface area contributed by atoms with Gasteiger partial charge in [-0.3, -0.25) is 0 Å². The van der Waals surface area contributed by atoms with Gasteiger partial charge in [0.2, 0.25) is 0 Å². The Morgan fingerprint density at radius 3 is 2.40 bits per heavy atom. The zero-order valence-corrected chi connectivity index (χ0v) is 6.63. The number of hydrogen-bond donors (Lipinski definition) is 1. The lowest BCUT2D eigenvalue weighted by Crippen LogP contribution is -1.98. The number of nitrogens with zero attached hydrogens (tertiary/aromatic N) is 2. The summed E-state index contributed by atoms with van der Waals surface area (Å²) < 4.78 is 1.96. The second-order valence-corrected chi connectivity index (χ2v) is 2.79. The molecule has 3 nitrogen and oxygen atoms in total. The summed E-state index contributed by atoms with van der Waals surface area (Å²) in [6.07, 6.45) is 1.83. The van der Waals surface area contributed by atoms with Gasteiger partial charge in [-0.05, 0) is 0 Å². The molecule has 1 rings (SSSR count). The van der Waals surface area contributed by atoms with E-state index in [-0.39, 0.29) is 0 Å². The molecular formula is C7H13N3. The van der Waals surface area contributed by atoms with Gasteiger partial charge in [0.1, 0.15) is 11.6 Å². The predicted octanol–water partition coefficient (Wildman–Crippen LogP) is 1.13. The van der Waals surface area contributed by atoms with Gasteiger partial charge >= 0.3 is 0 Å². The quantitative estimate of drug-likeness (QED) is 0.633. The van der Waals surface area contributed by atoms with Crippen LogP contribution in [0.3, 0.4) is 0 Å². The predicted molar refractivity (Wildman–Crippen MR) is 41.7 cm³/mol. The highest BCUT2D eigenvalue weighted by atomic mass is 15.1. The van der Waals surface area contributed by atoms with Crippen molar-refractivity contribution < 1.29 is 0 Å². The molecule has 0 aliphatic heterocycles. The Kier molecular flexibility index (Phi) is 1.66. The van der Waals surface area contributed by atoms with Gasteiger partial charge in [0, 0.05) is 19.2 Å². The molecule has 0 amide bonds. The normalized spacial score (nSPS) is 10.8. The lowest BCUT2D eigenvalue weighted by atomic mass is 10.2. The van der Waals surface area contributed by atoms with Gasteiger partial charge in [-0.25, -0.2) is 4.98 Å². The molecule has 0 spiro atoms. The summed E-state index contributed by atoms with van der Waals surface area (Å²) in [5, 5.41) is 0. The van der Waals surface area contributed by atoms with E-state index in [1.807, 2.05) is 17.8 Å². The van der Waals surface area contributed by atoms with Crippen LogP contribution < -0.4 is 5.73 Å². The maximum atomic E-state index is 5.49. The molecule has 0 fully saturated rings. The van der Waals surface area contributed by atoms with Crippen LogP contribution in [-0.2, 0) is 7.05 Å². The zero-order valence-electron chi connectivity index (χ0n) is 6.63. The van der Waals surface area contributed by atoms with E-state index in [0.717, 1.165) is 5.82 Å². The highest BCUT2D eigenvalue weighted by molar-refractivity contribution is 5.26. The molecule has 0 aliphatic rings. The Balaban J connectivity index is 3.03. The first-order chi connectivity index (χ1) is 4.61. The standard InChI is InChI=1S/C7H13N3/c1-5(2)7-9-6(8)4-10(7)3/h4-5H,8H2,1-3H3. The molecular weight excluding hydrogens is 126 g/mol. The van der Waals surface area contributed by atoms with E-state index in [1.165, 1.54) is 0 Å². The molecule has 3 heteroatoms. The Hall–Kier alpha value is -0.990. The van der Waals surface area contributed by atoms with Crippen LogP contribution in [0, 0.1) is 0 Å². The minimum absolute atomic E-state index is 0.447. The lowest BCUT2D eigenvalue weighted by molar-refractivity contribution is 0.711. The van der Waals surface area contributed by atoms with Crippen LogP contribution in [0.1, 0.15) is 25.6 Å². The van der Waals surface area contributed by atoms with E-state index in [1.54, 1.807) is 0 Å². The van der Waals surface area contributed by atoms with Crippen LogP contribution in [0.4, 0.5) is 5.82 Å². The molecule has 0 atom stereocenters. The van der Waals surface area contributed by atoms with E-state index in [4.69, 9.17) is 5.73 Å². The van der Waals surface area contributed by atoms with Crippen molar-refractivity contribution in [1.29, 1.82) is 0 Å². The summed E-state index contributed by atoms with van der Waals surface area (Å²) in [4.78, 5) is 4.15. The number of aryl methyl sites for hydroxylation is 1. The molecule has 0 bridgehead atoms. The summed E-state index contributed by atoms with van der Waals surface area (Å²) in [6.45, 7) is 4.20. The average Bonchev–Trinajstić information content (AvgIpc) is 2.10. The summed E-state index contributed by atoms with van der Waals surface area (Å²) in [5.74, 6) is 2.09. The highest BCUT2D eigenvalue weighted by Crippen LogP contribution is 2.12. The van der Waals surface area contributed by atoms with Gasteiger partial charge in [-0.15, -0.1) is 0 Å². The third-order valence-electron chi connectivity index (χ3n) is 1.45. The number of aromatic nitrogens is 2. The zero-order chi connectivity index (χ0) is 7.72. The van der Waals surface area contributed by atoms with Crippen molar-refractivity contribution in [3.05, 3.63) is 12.0 Å². The molecule has 56 valence electrons. The first-order valence-corrected chi connectivity index (χ1v) is 3.40. The lowest BCUT2D eigenvalue weighted by Gasteiger charge is -2.02. The van der Waals surface area contributed by atoms with Gasteiger partial charge in [-0.1, -0.05) is 13.8 Å². The fourth-order valence-electron chi connectivity index (χ4n) is 1.04. The molecule has 0 aromatic carbocycles. The summed E-state index contributed by atoms with van der Waals surface area (Å²) >= 11 is 0. The molecule has 10 heavy (non-hydrogen) atoms. The Bertz CT molecular complexity index is 225. The van der Waals surface area contributed by atoms with Crippen molar-refractivity contribution in [2.75, 3.05) is 5.73 Å². The van der Waals surface area contributed by atoms with Crippen LogP contribution in [0.25, 0.3) is 0 Å². The smallest absolute Gasteiger partial charge is 0.141 e. The van der Waals surface area contributed by atoms with Crippen molar-refractivity contribution in [1.82, 2.24) is 9.55 Å². The van der Waals surface area contributed by atoms with Crippen LogP contribution >= 0.6 is 0 Å². The van der Waals surface area contributed by atoms with Crippen molar-refractivity contribution in [2.24, 2.45) is 7.05 Å². The van der Waals surface area contributed by atoms with Gasteiger partial charge in [0.05, 0.1) is 0 Å².